The summed E-state index contributed by atoms with van der Waals surface area (Å²) in [5.41, 5.74) is 1.88. The van der Waals surface area contributed by atoms with Crippen LogP contribution >= 0.6 is 0 Å². The zero-order valence-corrected chi connectivity index (χ0v) is 12.7. The van der Waals surface area contributed by atoms with E-state index in [0.29, 0.717) is 22.9 Å². The second-order valence-corrected chi connectivity index (χ2v) is 7.07. The Morgan fingerprint density at radius 2 is 1.77 bits per heavy atom. The first-order valence-electron chi connectivity index (χ1n) is 6.65. The Labute approximate surface area is 127 Å². The van der Waals surface area contributed by atoms with Crippen molar-refractivity contribution in [3.05, 3.63) is 59.7 Å². The maximum atomic E-state index is 12.2. The van der Waals surface area contributed by atoms with Crippen LogP contribution in [0.1, 0.15) is 17.2 Å². The minimum Gasteiger partial charge on any atom is -0.361 e. The third-order valence-electron chi connectivity index (χ3n) is 3.04. The maximum absolute atomic E-state index is 12.2. The summed E-state index contributed by atoms with van der Waals surface area (Å²) in [4.78, 5) is 0. The van der Waals surface area contributed by atoms with Gasteiger partial charge in [-0.25, -0.2) is 8.42 Å². The van der Waals surface area contributed by atoms with E-state index in [1.165, 1.54) is 0 Å². The van der Waals surface area contributed by atoms with Gasteiger partial charge in [-0.15, -0.1) is 0 Å². The second-order valence-electron chi connectivity index (χ2n) is 5.01. The number of sulfone groups is 1. The highest BCUT2D eigenvalue weighted by Gasteiger charge is 2.19. The third-order valence-corrected chi connectivity index (χ3v) is 4.50. The van der Waals surface area contributed by atoms with E-state index >= 15 is 0 Å². The highest BCUT2D eigenvalue weighted by Crippen LogP contribution is 2.20. The minimum atomic E-state index is -3.40. The van der Waals surface area contributed by atoms with E-state index in [2.05, 4.69) is 10.3 Å². The fourth-order valence-corrected chi connectivity index (χ4v) is 3.36. The first-order valence-corrected chi connectivity index (χ1v) is 8.48. The lowest BCUT2D eigenvalue weighted by Gasteiger charge is -1.97. The summed E-state index contributed by atoms with van der Waals surface area (Å²) in [5.74, 6) is 0.472. The first kappa shape index (κ1) is 14.5. The second kappa shape index (κ2) is 5.76. The average molecular weight is 318 g/mol. The van der Waals surface area contributed by atoms with E-state index in [9.17, 15) is 8.42 Å². The van der Waals surface area contributed by atoms with Crippen molar-refractivity contribution in [3.8, 4) is 11.3 Å². The standard InChI is InChI=1S/C15H14N2O4S/c1-11-7-13(16-20-11)9-22(18,19)10-14-8-15(17-21-14)12-5-3-2-4-6-12/h2-8H,9-10H2,1H3. The summed E-state index contributed by atoms with van der Waals surface area (Å²) in [5, 5.41) is 7.60. The summed E-state index contributed by atoms with van der Waals surface area (Å²) in [7, 11) is -3.40. The molecule has 0 spiro atoms. The van der Waals surface area contributed by atoms with Gasteiger partial charge in [0.1, 0.15) is 17.2 Å². The van der Waals surface area contributed by atoms with E-state index in [4.69, 9.17) is 9.05 Å². The summed E-state index contributed by atoms with van der Waals surface area (Å²) < 4.78 is 34.3. The van der Waals surface area contributed by atoms with Crippen molar-refractivity contribution in [2.45, 2.75) is 18.4 Å². The lowest BCUT2D eigenvalue weighted by molar-refractivity contribution is 0.391. The maximum Gasteiger partial charge on any atom is 0.163 e. The molecule has 1 aromatic carbocycles. The van der Waals surface area contributed by atoms with E-state index < -0.39 is 9.84 Å². The molecule has 0 unspecified atom stereocenters. The highest BCUT2D eigenvalue weighted by atomic mass is 32.2. The van der Waals surface area contributed by atoms with E-state index in [-0.39, 0.29) is 11.5 Å². The Balaban J connectivity index is 1.74. The van der Waals surface area contributed by atoms with Crippen LogP contribution < -0.4 is 0 Å². The van der Waals surface area contributed by atoms with Gasteiger partial charge in [0.2, 0.25) is 0 Å². The van der Waals surface area contributed by atoms with Crippen LogP contribution in [0.3, 0.4) is 0 Å². The molecular formula is C15H14N2O4S. The van der Waals surface area contributed by atoms with Crippen LogP contribution in [0.25, 0.3) is 11.3 Å². The molecule has 3 rings (SSSR count). The van der Waals surface area contributed by atoms with Crippen molar-refractivity contribution in [1.29, 1.82) is 0 Å². The van der Waals surface area contributed by atoms with Gasteiger partial charge in [-0.2, -0.15) is 0 Å². The van der Waals surface area contributed by atoms with Gasteiger partial charge in [0.15, 0.2) is 15.6 Å². The molecule has 0 N–H and O–H groups in total. The van der Waals surface area contributed by atoms with Gasteiger partial charge in [0.05, 0.1) is 11.4 Å². The fourth-order valence-electron chi connectivity index (χ4n) is 2.11. The topological polar surface area (TPSA) is 86.2 Å². The Hall–Kier alpha value is -2.41. The molecule has 0 aliphatic heterocycles. The quantitative estimate of drug-likeness (QED) is 0.719. The molecule has 2 heterocycles. The molecule has 0 aliphatic carbocycles. The van der Waals surface area contributed by atoms with Gasteiger partial charge < -0.3 is 9.05 Å². The summed E-state index contributed by atoms with van der Waals surface area (Å²) in [6.07, 6.45) is 0. The van der Waals surface area contributed by atoms with Crippen LogP contribution in [0.15, 0.2) is 51.5 Å². The molecule has 0 bridgehead atoms. The van der Waals surface area contributed by atoms with E-state index in [1.807, 2.05) is 30.3 Å². The zero-order chi connectivity index (χ0) is 15.6. The largest absolute Gasteiger partial charge is 0.361 e. The molecule has 114 valence electrons. The molecule has 6 nitrogen and oxygen atoms in total. The van der Waals surface area contributed by atoms with Crippen LogP contribution in [0.5, 0.6) is 0 Å². The summed E-state index contributed by atoms with van der Waals surface area (Å²) in [6.45, 7) is 1.71. The van der Waals surface area contributed by atoms with Crippen LogP contribution in [0, 0.1) is 6.92 Å². The normalized spacial score (nSPS) is 11.7. The molecular weight excluding hydrogens is 304 g/mol. The molecule has 2 aromatic heterocycles. The van der Waals surface area contributed by atoms with Crippen LogP contribution in [0.2, 0.25) is 0 Å². The van der Waals surface area contributed by atoms with Gasteiger partial charge in [-0.05, 0) is 6.92 Å². The molecule has 22 heavy (non-hydrogen) atoms. The van der Waals surface area contributed by atoms with Gasteiger partial charge >= 0.3 is 0 Å². The highest BCUT2D eigenvalue weighted by molar-refractivity contribution is 7.89. The Morgan fingerprint density at radius 1 is 1.00 bits per heavy atom. The zero-order valence-electron chi connectivity index (χ0n) is 11.9. The van der Waals surface area contributed by atoms with Crippen molar-refractivity contribution >= 4 is 9.84 Å². The van der Waals surface area contributed by atoms with Crippen molar-refractivity contribution < 1.29 is 17.5 Å². The number of aromatic nitrogens is 2. The molecule has 0 fully saturated rings. The predicted molar refractivity (Wildman–Crippen MR) is 79.5 cm³/mol. The lowest BCUT2D eigenvalue weighted by Crippen LogP contribution is -2.07. The monoisotopic (exact) mass is 318 g/mol. The molecule has 0 radical (unpaired) electrons. The van der Waals surface area contributed by atoms with Crippen LogP contribution in [-0.2, 0) is 21.3 Å². The number of nitrogens with zero attached hydrogens (tertiary/aromatic N) is 2. The molecule has 0 atom stereocenters. The van der Waals surface area contributed by atoms with Gasteiger partial charge in [-0.3, -0.25) is 0 Å². The van der Waals surface area contributed by atoms with E-state index in [0.717, 1.165) is 5.56 Å². The molecule has 3 aromatic rings. The average Bonchev–Trinajstić information content (AvgIpc) is 3.08. The molecule has 0 saturated heterocycles. The summed E-state index contributed by atoms with van der Waals surface area (Å²) >= 11 is 0. The smallest absolute Gasteiger partial charge is 0.163 e. The Kier molecular flexibility index (Phi) is 3.81. The van der Waals surface area contributed by atoms with Crippen molar-refractivity contribution in [2.75, 3.05) is 0 Å². The van der Waals surface area contributed by atoms with Gasteiger partial charge in [0.25, 0.3) is 0 Å². The number of aryl methyl sites for hydroxylation is 1. The van der Waals surface area contributed by atoms with Crippen molar-refractivity contribution in [2.24, 2.45) is 0 Å². The molecule has 0 amide bonds. The van der Waals surface area contributed by atoms with Crippen LogP contribution in [-0.4, -0.2) is 18.7 Å². The van der Waals surface area contributed by atoms with E-state index in [1.54, 1.807) is 19.1 Å². The summed E-state index contributed by atoms with van der Waals surface area (Å²) in [6, 6.07) is 12.7. The number of hydrogen-bond acceptors (Lipinski definition) is 6. The Morgan fingerprint density at radius 3 is 2.45 bits per heavy atom. The van der Waals surface area contributed by atoms with Crippen molar-refractivity contribution in [1.82, 2.24) is 10.3 Å². The number of benzene rings is 1. The third kappa shape index (κ3) is 3.43. The predicted octanol–water partition coefficient (Wildman–Crippen LogP) is 2.75. The number of rotatable bonds is 5. The van der Waals surface area contributed by atoms with Gasteiger partial charge in [-0.1, -0.05) is 40.6 Å². The SMILES string of the molecule is Cc1cc(CS(=O)(=O)Cc2cc(-c3ccccc3)no2)no1. The van der Waals surface area contributed by atoms with Crippen LogP contribution in [0.4, 0.5) is 0 Å². The molecule has 0 saturated carbocycles. The lowest BCUT2D eigenvalue weighted by atomic mass is 10.1. The first-order chi connectivity index (χ1) is 10.5. The number of hydrogen-bond donors (Lipinski definition) is 0. The fraction of sp³-hybridized carbons (Fsp3) is 0.200. The Bertz CT molecular complexity index is 866. The van der Waals surface area contributed by atoms with Crippen molar-refractivity contribution in [3.63, 3.8) is 0 Å². The molecule has 0 aliphatic rings. The van der Waals surface area contributed by atoms with Gasteiger partial charge in [0, 0.05) is 17.7 Å². The minimum absolute atomic E-state index is 0.189. The molecule has 7 heteroatoms.